The Morgan fingerprint density at radius 1 is 1.55 bits per heavy atom. The lowest BCUT2D eigenvalue weighted by atomic mass is 10.4. The van der Waals surface area contributed by atoms with Gasteiger partial charge >= 0.3 is 10.3 Å². The zero-order chi connectivity index (χ0) is 7.78. The molecule has 0 saturated carbocycles. The van der Waals surface area contributed by atoms with Crippen molar-refractivity contribution in [2.75, 3.05) is 6.54 Å². The third-order valence-corrected chi connectivity index (χ3v) is 2.43. The predicted molar refractivity (Wildman–Crippen MR) is 39.6 cm³/mol. The van der Waals surface area contributed by atoms with Crippen molar-refractivity contribution in [3.8, 4) is 0 Å². The van der Waals surface area contributed by atoms with Crippen molar-refractivity contribution in [1.82, 2.24) is 4.31 Å². The van der Waals surface area contributed by atoms with E-state index in [2.05, 4.69) is 0 Å². The first-order valence-corrected chi connectivity index (χ1v) is 4.30. The van der Waals surface area contributed by atoms with E-state index < -0.39 is 16.6 Å². The largest absolute Gasteiger partial charge is 0.338 e. The van der Waals surface area contributed by atoms with Gasteiger partial charge in [-0.2, -0.15) is 8.42 Å². The Balaban J connectivity index is 0.000001000. The van der Waals surface area contributed by atoms with Crippen LogP contribution in [0.3, 0.4) is 0 Å². The molecule has 0 aromatic rings. The van der Waals surface area contributed by atoms with Crippen LogP contribution in [0, 0.1) is 0 Å². The highest BCUT2D eigenvalue weighted by Gasteiger charge is 2.32. The number of rotatable bonds is 1. The first kappa shape index (κ1) is 11.1. The van der Waals surface area contributed by atoms with Crippen molar-refractivity contribution in [2.45, 2.75) is 19.1 Å². The van der Waals surface area contributed by atoms with Crippen molar-refractivity contribution >= 4 is 22.7 Å². The molecule has 4 nitrogen and oxygen atoms in total. The van der Waals surface area contributed by atoms with Gasteiger partial charge < -0.3 is 0 Å². The Morgan fingerprint density at radius 2 is 2.09 bits per heavy atom. The monoisotopic (exact) mass is 205 g/mol. The molecular formula is C4H9ClFNO3S. The Labute approximate surface area is 70.7 Å². The van der Waals surface area contributed by atoms with Gasteiger partial charge in [-0.25, -0.2) is 4.39 Å². The first-order chi connectivity index (χ1) is 4.52. The van der Waals surface area contributed by atoms with Crippen LogP contribution in [0.2, 0.25) is 0 Å². The Hall–Kier alpha value is 0.0900. The van der Waals surface area contributed by atoms with Gasteiger partial charge in [0.25, 0.3) is 0 Å². The normalized spacial score (nSPS) is 26.5. The fourth-order valence-corrected chi connectivity index (χ4v) is 1.71. The average molecular weight is 206 g/mol. The minimum atomic E-state index is -4.29. The molecule has 0 bridgehead atoms. The summed E-state index contributed by atoms with van der Waals surface area (Å²) in [6, 6.07) is 0. The number of nitrogens with zero attached hydrogens (tertiary/aromatic N) is 1. The summed E-state index contributed by atoms with van der Waals surface area (Å²) in [6.45, 7) is 0.0833. The molecule has 1 saturated heterocycles. The van der Waals surface area contributed by atoms with Gasteiger partial charge in [0.1, 0.15) is 0 Å². The molecule has 0 amide bonds. The molecule has 1 aliphatic heterocycles. The van der Waals surface area contributed by atoms with E-state index in [1.54, 1.807) is 0 Å². The topological polar surface area (TPSA) is 57.6 Å². The molecule has 1 rings (SSSR count). The highest BCUT2D eigenvalue weighted by atomic mass is 35.5. The van der Waals surface area contributed by atoms with Crippen molar-refractivity contribution in [3.63, 3.8) is 0 Å². The number of hydrogen-bond acceptors (Lipinski definition) is 2. The van der Waals surface area contributed by atoms with E-state index in [0.29, 0.717) is 10.7 Å². The van der Waals surface area contributed by atoms with Crippen LogP contribution in [0.5, 0.6) is 0 Å². The van der Waals surface area contributed by atoms with Crippen molar-refractivity contribution in [2.24, 2.45) is 0 Å². The number of halogens is 2. The van der Waals surface area contributed by atoms with E-state index in [9.17, 15) is 12.8 Å². The molecule has 1 aliphatic rings. The summed E-state index contributed by atoms with van der Waals surface area (Å²) in [6.07, 6.45) is -0.879. The van der Waals surface area contributed by atoms with Gasteiger partial charge in [-0.05, 0) is 12.8 Å². The highest BCUT2D eigenvalue weighted by molar-refractivity contribution is 7.83. The molecule has 0 aromatic carbocycles. The Morgan fingerprint density at radius 3 is 2.27 bits per heavy atom. The van der Waals surface area contributed by atoms with E-state index >= 15 is 0 Å². The second-order valence-electron chi connectivity index (χ2n) is 2.17. The molecule has 7 heteroatoms. The molecule has 0 radical (unpaired) electrons. The Bertz CT molecular complexity index is 219. The van der Waals surface area contributed by atoms with Crippen molar-refractivity contribution in [3.05, 3.63) is 0 Å². The quantitative estimate of drug-likeness (QED) is 0.504. The summed E-state index contributed by atoms with van der Waals surface area (Å²) in [5, 5.41) is 0. The maximum Gasteiger partial charge on any atom is 0.338 e. The first-order valence-electron chi connectivity index (χ1n) is 2.90. The maximum absolute atomic E-state index is 12.5. The zero-order valence-corrected chi connectivity index (χ0v) is 7.24. The van der Waals surface area contributed by atoms with Crippen LogP contribution in [-0.4, -0.2) is 30.1 Å². The summed E-state index contributed by atoms with van der Waals surface area (Å²) in [5.41, 5.74) is 0. The molecule has 1 heterocycles. The molecule has 0 spiro atoms. The van der Waals surface area contributed by atoms with Gasteiger partial charge in [0.15, 0.2) is 6.30 Å². The molecule has 1 unspecified atom stereocenters. The molecule has 11 heavy (non-hydrogen) atoms. The van der Waals surface area contributed by atoms with Crippen LogP contribution in [0.15, 0.2) is 0 Å². The average Bonchev–Trinajstić information content (AvgIpc) is 2.11. The van der Waals surface area contributed by atoms with E-state index in [0.717, 1.165) is 0 Å². The van der Waals surface area contributed by atoms with E-state index in [1.165, 1.54) is 0 Å². The SMILES string of the molecule is Cl.O=S(=O)(O)N1CCCC1F. The lowest BCUT2D eigenvalue weighted by Crippen LogP contribution is -2.32. The molecular weight excluding hydrogens is 197 g/mol. The second-order valence-corrected chi connectivity index (χ2v) is 3.53. The fourth-order valence-electron chi connectivity index (χ4n) is 0.960. The highest BCUT2D eigenvalue weighted by Crippen LogP contribution is 2.20. The van der Waals surface area contributed by atoms with E-state index in [1.807, 2.05) is 0 Å². The minimum absolute atomic E-state index is 0. The lowest BCUT2D eigenvalue weighted by molar-refractivity contribution is 0.197. The molecule has 68 valence electrons. The lowest BCUT2D eigenvalue weighted by Gasteiger charge is -2.12. The van der Waals surface area contributed by atoms with Gasteiger partial charge in [-0.3, -0.25) is 4.55 Å². The molecule has 0 aromatic heterocycles. The van der Waals surface area contributed by atoms with E-state index in [-0.39, 0.29) is 25.4 Å². The number of alkyl halides is 1. The van der Waals surface area contributed by atoms with Crippen molar-refractivity contribution in [1.29, 1.82) is 0 Å². The summed E-state index contributed by atoms with van der Waals surface area (Å²) >= 11 is 0. The molecule has 1 atom stereocenters. The Kier molecular flexibility index (Phi) is 3.69. The zero-order valence-electron chi connectivity index (χ0n) is 5.60. The van der Waals surface area contributed by atoms with Crippen LogP contribution < -0.4 is 0 Å². The van der Waals surface area contributed by atoms with Crippen LogP contribution in [0.4, 0.5) is 4.39 Å². The van der Waals surface area contributed by atoms with Crippen LogP contribution >= 0.6 is 12.4 Å². The van der Waals surface area contributed by atoms with Crippen molar-refractivity contribution < 1.29 is 17.4 Å². The summed E-state index contributed by atoms with van der Waals surface area (Å²) in [7, 11) is -4.29. The smallest absolute Gasteiger partial charge is 0.273 e. The molecule has 0 aliphatic carbocycles. The van der Waals surface area contributed by atoms with Gasteiger partial charge in [0.2, 0.25) is 0 Å². The summed E-state index contributed by atoms with van der Waals surface area (Å²) < 4.78 is 41.8. The second kappa shape index (κ2) is 3.66. The molecule has 1 N–H and O–H groups in total. The standard InChI is InChI=1S/C4H8FNO3S.ClH/c5-4-2-1-3-6(4)10(7,8)9;/h4H,1-3H2,(H,7,8,9);1H. The molecule has 1 fully saturated rings. The van der Waals surface area contributed by atoms with E-state index in [4.69, 9.17) is 4.55 Å². The third-order valence-electron chi connectivity index (χ3n) is 1.43. The summed E-state index contributed by atoms with van der Waals surface area (Å²) in [4.78, 5) is 0. The van der Waals surface area contributed by atoms with Crippen LogP contribution in [0.1, 0.15) is 12.8 Å². The third kappa shape index (κ3) is 2.55. The summed E-state index contributed by atoms with van der Waals surface area (Å²) in [5.74, 6) is 0. The van der Waals surface area contributed by atoms with Crippen LogP contribution in [0.25, 0.3) is 0 Å². The van der Waals surface area contributed by atoms with Gasteiger partial charge in [-0.1, -0.05) is 0 Å². The number of hydrogen-bond donors (Lipinski definition) is 1. The maximum atomic E-state index is 12.5. The van der Waals surface area contributed by atoms with Gasteiger partial charge in [0, 0.05) is 6.54 Å². The fraction of sp³-hybridized carbons (Fsp3) is 1.00. The minimum Gasteiger partial charge on any atom is -0.273 e. The van der Waals surface area contributed by atoms with Gasteiger partial charge in [-0.15, -0.1) is 16.7 Å². The van der Waals surface area contributed by atoms with Gasteiger partial charge in [0.05, 0.1) is 0 Å². The van der Waals surface area contributed by atoms with Crippen LogP contribution in [-0.2, 0) is 10.3 Å². The predicted octanol–water partition coefficient (Wildman–Crippen LogP) is 0.602.